The van der Waals surface area contributed by atoms with Gasteiger partial charge in [-0.15, -0.1) is 0 Å². The third-order valence-corrected chi connectivity index (χ3v) is 4.65. The normalized spacial score (nSPS) is 13.7. The van der Waals surface area contributed by atoms with Gasteiger partial charge in [-0.1, -0.05) is 6.07 Å². The van der Waals surface area contributed by atoms with Crippen molar-refractivity contribution in [3.8, 4) is 0 Å². The molecule has 0 spiro atoms. The summed E-state index contributed by atoms with van der Waals surface area (Å²) in [5.74, 6) is -17.2. The van der Waals surface area contributed by atoms with Gasteiger partial charge >= 0.3 is 35.9 Å². The van der Waals surface area contributed by atoms with E-state index in [1.165, 1.54) is 0 Å². The van der Waals surface area contributed by atoms with E-state index in [-0.39, 0.29) is 30.3 Å². The molecular weight excluding hydrogens is 486 g/mol. The van der Waals surface area contributed by atoms with E-state index >= 15 is 13.2 Å². The van der Waals surface area contributed by atoms with Gasteiger partial charge in [-0.05, 0) is 24.3 Å². The van der Waals surface area contributed by atoms with Crippen molar-refractivity contribution >= 4 is 23.9 Å². The molecule has 5 N–H and O–H groups in total. The predicted octanol–water partition coefficient (Wildman–Crippen LogP) is 3.16. The van der Waals surface area contributed by atoms with Crippen molar-refractivity contribution in [1.29, 1.82) is 0 Å². The quantitative estimate of drug-likeness (QED) is 0.345. The van der Waals surface area contributed by atoms with Crippen molar-refractivity contribution in [3.63, 3.8) is 0 Å². The van der Waals surface area contributed by atoms with E-state index in [2.05, 4.69) is 0 Å². The van der Waals surface area contributed by atoms with Gasteiger partial charge in [0.15, 0.2) is 0 Å². The molecule has 0 radical (unpaired) electrons. The first kappa shape index (κ1) is 26.1. The van der Waals surface area contributed by atoms with E-state index in [1.54, 1.807) is 0 Å². The minimum Gasteiger partial charge on any atom is -0.478 e. The molecule has 2 aromatic rings. The Morgan fingerprint density at radius 1 is 0.676 bits per heavy atom. The van der Waals surface area contributed by atoms with Gasteiger partial charge in [0.05, 0.1) is 22.3 Å². The van der Waals surface area contributed by atoms with Crippen LogP contribution in [0.15, 0.2) is 30.3 Å². The van der Waals surface area contributed by atoms with E-state index in [0.29, 0.717) is 0 Å². The molecule has 0 aliphatic rings. The van der Waals surface area contributed by atoms with Gasteiger partial charge in [0.2, 0.25) is 0 Å². The Morgan fingerprint density at radius 2 is 1.15 bits per heavy atom. The molecule has 1 unspecified atom stereocenters. The Kier molecular flexibility index (Phi) is 6.40. The van der Waals surface area contributed by atoms with Gasteiger partial charge in [0.1, 0.15) is 11.4 Å². The fraction of sp³-hybridized carbons (Fsp3) is 0.158. The number of aromatic carboxylic acids is 4. The van der Waals surface area contributed by atoms with Crippen LogP contribution in [0.3, 0.4) is 0 Å². The Bertz CT molecular complexity index is 1220. The molecule has 0 fully saturated rings. The maximum Gasteiger partial charge on any atom is 0.398 e. The van der Waals surface area contributed by atoms with E-state index in [1.807, 2.05) is 0 Å². The molecule has 0 heterocycles. The summed E-state index contributed by atoms with van der Waals surface area (Å²) in [4.78, 5) is 44.6. The zero-order valence-corrected chi connectivity index (χ0v) is 16.0. The SMILES string of the molecule is O=C(O)c1ccc(C(F)(C(O)(F)F)C(F)(F)c2ccc(C(=O)O)c(C(=O)O)c2F)cc1C(=O)O. The number of aliphatic hydroxyl groups is 1. The molecule has 0 aliphatic carbocycles. The van der Waals surface area contributed by atoms with Crippen molar-refractivity contribution in [2.45, 2.75) is 17.7 Å². The van der Waals surface area contributed by atoms with Crippen LogP contribution in [0.25, 0.3) is 0 Å². The maximum absolute atomic E-state index is 15.5. The highest BCUT2D eigenvalue weighted by Gasteiger charge is 2.72. The van der Waals surface area contributed by atoms with Gasteiger partial charge in [-0.3, -0.25) is 0 Å². The van der Waals surface area contributed by atoms with E-state index in [9.17, 15) is 32.3 Å². The molecule has 15 heteroatoms. The molecule has 9 nitrogen and oxygen atoms in total. The van der Waals surface area contributed by atoms with E-state index < -0.39 is 80.8 Å². The van der Waals surface area contributed by atoms with Crippen LogP contribution in [0.1, 0.15) is 52.6 Å². The lowest BCUT2D eigenvalue weighted by atomic mass is 9.81. The average Bonchev–Trinajstić information content (AvgIpc) is 2.70. The number of carbonyl (C=O) groups is 4. The van der Waals surface area contributed by atoms with Gasteiger partial charge in [0.25, 0.3) is 5.67 Å². The standard InChI is InChI=1S/C19H10F6O9/c20-12-10(4-3-8(14(28)29)11(12)16(32)33)18(22,23)17(21,19(24,25)34)6-1-2-7(13(26)27)9(5-6)15(30)31/h1-5,34H,(H,26,27)(H,28,29)(H,30,31)(H,32,33). The minimum absolute atomic E-state index is 0.0322. The summed E-state index contributed by atoms with van der Waals surface area (Å²) in [5.41, 5.74) is -16.1. The number of halogens is 6. The minimum atomic E-state index is -6.11. The first-order valence-corrected chi connectivity index (χ1v) is 8.47. The molecule has 0 bridgehead atoms. The molecule has 0 aliphatic heterocycles. The number of rotatable bonds is 8. The highest BCUT2D eigenvalue weighted by Crippen LogP contribution is 2.56. The third kappa shape index (κ3) is 3.89. The second-order valence-electron chi connectivity index (χ2n) is 6.60. The molecule has 0 amide bonds. The summed E-state index contributed by atoms with van der Waals surface area (Å²) in [6.07, 6.45) is -6.11. The fourth-order valence-corrected chi connectivity index (χ4v) is 3.06. The van der Waals surface area contributed by atoms with Gasteiger partial charge in [-0.25, -0.2) is 28.0 Å². The van der Waals surface area contributed by atoms with Crippen LogP contribution in [0, 0.1) is 5.82 Å². The van der Waals surface area contributed by atoms with Crippen LogP contribution in [0.2, 0.25) is 0 Å². The first-order chi connectivity index (χ1) is 15.4. The average molecular weight is 496 g/mol. The topological polar surface area (TPSA) is 169 Å². The number of alkyl halides is 5. The summed E-state index contributed by atoms with van der Waals surface area (Å²) in [6.45, 7) is 0. The molecule has 182 valence electrons. The first-order valence-electron chi connectivity index (χ1n) is 8.47. The Hall–Kier alpha value is -4.14. The summed E-state index contributed by atoms with van der Waals surface area (Å²) >= 11 is 0. The second-order valence-corrected chi connectivity index (χ2v) is 6.60. The van der Waals surface area contributed by atoms with Gasteiger partial charge < -0.3 is 25.5 Å². The Balaban J connectivity index is 2.96. The molecular formula is C19H10F6O9. The highest BCUT2D eigenvalue weighted by molar-refractivity contribution is 6.02. The molecule has 34 heavy (non-hydrogen) atoms. The third-order valence-electron chi connectivity index (χ3n) is 4.65. The van der Waals surface area contributed by atoms with E-state index in [0.717, 1.165) is 0 Å². The van der Waals surface area contributed by atoms with Crippen LogP contribution in [0.5, 0.6) is 0 Å². The summed E-state index contributed by atoms with van der Waals surface area (Å²) < 4.78 is 88.4. The largest absolute Gasteiger partial charge is 0.478 e. The van der Waals surface area contributed by atoms with Crippen LogP contribution in [-0.4, -0.2) is 55.5 Å². The number of hydrogen-bond acceptors (Lipinski definition) is 5. The lowest BCUT2D eigenvalue weighted by Gasteiger charge is -2.37. The Morgan fingerprint density at radius 3 is 1.56 bits per heavy atom. The maximum atomic E-state index is 15.5. The second kappa shape index (κ2) is 8.33. The van der Waals surface area contributed by atoms with Crippen LogP contribution < -0.4 is 0 Å². The van der Waals surface area contributed by atoms with Crippen LogP contribution >= 0.6 is 0 Å². The highest BCUT2D eigenvalue weighted by atomic mass is 19.3. The zero-order chi connectivity index (χ0) is 26.4. The van der Waals surface area contributed by atoms with E-state index in [4.69, 9.17) is 25.5 Å². The number of benzene rings is 2. The van der Waals surface area contributed by atoms with Crippen molar-refractivity contribution in [2.75, 3.05) is 0 Å². The summed E-state index contributed by atoms with van der Waals surface area (Å²) in [6, 6.07) is -0.288. The van der Waals surface area contributed by atoms with Crippen molar-refractivity contribution in [3.05, 3.63) is 69.5 Å². The number of hydrogen-bond donors (Lipinski definition) is 5. The smallest absolute Gasteiger partial charge is 0.398 e. The van der Waals surface area contributed by atoms with Gasteiger partial charge in [0, 0.05) is 5.56 Å². The molecule has 0 saturated heterocycles. The van der Waals surface area contributed by atoms with Crippen molar-refractivity contribution < 1.29 is 71.1 Å². The Labute approximate surface area is 183 Å². The lowest BCUT2D eigenvalue weighted by Crippen LogP contribution is -2.53. The van der Waals surface area contributed by atoms with Gasteiger partial charge in [-0.2, -0.15) is 17.6 Å². The monoisotopic (exact) mass is 496 g/mol. The van der Waals surface area contributed by atoms with Crippen molar-refractivity contribution in [2.24, 2.45) is 0 Å². The fourth-order valence-electron chi connectivity index (χ4n) is 3.06. The molecule has 2 rings (SSSR count). The van der Waals surface area contributed by atoms with Crippen LogP contribution in [-0.2, 0) is 11.6 Å². The van der Waals surface area contributed by atoms with Crippen LogP contribution in [0.4, 0.5) is 26.3 Å². The number of carboxylic acids is 4. The van der Waals surface area contributed by atoms with Crippen molar-refractivity contribution in [1.82, 2.24) is 0 Å². The molecule has 1 atom stereocenters. The number of carboxylic acid groups (broad SMARTS) is 4. The lowest BCUT2D eigenvalue weighted by molar-refractivity contribution is -0.349. The predicted molar refractivity (Wildman–Crippen MR) is 94.5 cm³/mol. The summed E-state index contributed by atoms with van der Waals surface area (Å²) in [5, 5.41) is 44.9. The molecule has 2 aromatic carbocycles. The zero-order valence-electron chi connectivity index (χ0n) is 16.0. The summed E-state index contributed by atoms with van der Waals surface area (Å²) in [7, 11) is 0. The molecule has 0 saturated carbocycles. The molecule has 0 aromatic heterocycles.